The number of ether oxygens (including phenoxy) is 2. The number of benzene rings is 2. The zero-order valence-corrected chi connectivity index (χ0v) is 17.9. The van der Waals surface area contributed by atoms with Crippen LogP contribution in [0.2, 0.25) is 0 Å². The molecule has 6 heteroatoms. The van der Waals surface area contributed by atoms with E-state index in [0.29, 0.717) is 23.5 Å². The van der Waals surface area contributed by atoms with Gasteiger partial charge in [-0.1, -0.05) is 51.1 Å². The average molecular weight is 411 g/mol. The van der Waals surface area contributed by atoms with Gasteiger partial charge in [0.15, 0.2) is 6.61 Å². The number of carbonyl (C=O) groups is 2. The second-order valence-electron chi connectivity index (χ2n) is 8.47. The molecule has 1 aliphatic heterocycles. The normalized spacial score (nSPS) is 16.2. The van der Waals surface area contributed by atoms with Crippen molar-refractivity contribution < 1.29 is 19.1 Å². The minimum Gasteiger partial charge on any atom is -0.483 e. The lowest BCUT2D eigenvalue weighted by Gasteiger charge is -2.22. The Bertz CT molecular complexity index is 883. The lowest BCUT2D eigenvalue weighted by molar-refractivity contribution is -0.118. The van der Waals surface area contributed by atoms with Gasteiger partial charge in [0, 0.05) is 13.2 Å². The third kappa shape index (κ3) is 5.83. The van der Waals surface area contributed by atoms with Gasteiger partial charge in [0.1, 0.15) is 5.75 Å². The molecule has 30 heavy (non-hydrogen) atoms. The van der Waals surface area contributed by atoms with Crippen LogP contribution < -0.4 is 15.4 Å². The fraction of sp³-hybridized carbons (Fsp3) is 0.417. The fourth-order valence-electron chi connectivity index (χ4n) is 3.44. The minimum atomic E-state index is -0.321. The lowest BCUT2D eigenvalue weighted by atomic mass is 9.86. The van der Waals surface area contributed by atoms with Crippen LogP contribution in [0.4, 0.5) is 5.69 Å². The molecule has 1 atom stereocenters. The smallest absolute Gasteiger partial charge is 0.262 e. The molecule has 6 nitrogen and oxygen atoms in total. The molecule has 2 amide bonds. The summed E-state index contributed by atoms with van der Waals surface area (Å²) in [6, 6.07) is 14.7. The van der Waals surface area contributed by atoms with E-state index in [1.165, 1.54) is 0 Å². The Labute approximate surface area is 178 Å². The van der Waals surface area contributed by atoms with Gasteiger partial charge in [-0.2, -0.15) is 0 Å². The highest BCUT2D eigenvalue weighted by atomic mass is 16.5. The molecule has 3 rings (SSSR count). The molecule has 0 radical (unpaired) electrons. The van der Waals surface area contributed by atoms with Crippen LogP contribution in [0.1, 0.15) is 49.5 Å². The van der Waals surface area contributed by atoms with Gasteiger partial charge >= 0.3 is 0 Å². The van der Waals surface area contributed by atoms with Crippen molar-refractivity contribution in [2.24, 2.45) is 0 Å². The van der Waals surface area contributed by atoms with Crippen molar-refractivity contribution in [2.45, 2.75) is 45.1 Å². The molecule has 0 bridgehead atoms. The molecule has 0 spiro atoms. The van der Waals surface area contributed by atoms with Gasteiger partial charge in [-0.25, -0.2) is 0 Å². The summed E-state index contributed by atoms with van der Waals surface area (Å²) in [5, 5.41) is 5.68. The van der Waals surface area contributed by atoms with Crippen LogP contribution in [0.3, 0.4) is 0 Å². The number of anilines is 1. The molecular formula is C24H30N2O4. The van der Waals surface area contributed by atoms with Crippen LogP contribution in [0.25, 0.3) is 0 Å². The van der Waals surface area contributed by atoms with Gasteiger partial charge in [0.25, 0.3) is 11.8 Å². The maximum Gasteiger partial charge on any atom is 0.262 e. The lowest BCUT2D eigenvalue weighted by Crippen LogP contribution is -2.32. The number of para-hydroxylation sites is 2. The van der Waals surface area contributed by atoms with Crippen molar-refractivity contribution in [3.8, 4) is 5.75 Å². The molecule has 2 aromatic rings. The van der Waals surface area contributed by atoms with Crippen molar-refractivity contribution in [3.05, 3.63) is 59.7 Å². The quantitative estimate of drug-likeness (QED) is 0.726. The Balaban J connectivity index is 1.60. The van der Waals surface area contributed by atoms with E-state index in [9.17, 15) is 9.59 Å². The fourth-order valence-corrected chi connectivity index (χ4v) is 3.44. The Morgan fingerprint density at radius 1 is 1.10 bits per heavy atom. The topological polar surface area (TPSA) is 76.7 Å². The van der Waals surface area contributed by atoms with Crippen LogP contribution >= 0.6 is 0 Å². The number of nitrogens with one attached hydrogen (secondary N) is 2. The van der Waals surface area contributed by atoms with E-state index >= 15 is 0 Å². The Kier molecular flexibility index (Phi) is 7.11. The molecule has 160 valence electrons. The molecule has 2 aromatic carbocycles. The first-order valence-electron chi connectivity index (χ1n) is 10.4. The second-order valence-corrected chi connectivity index (χ2v) is 8.47. The van der Waals surface area contributed by atoms with E-state index in [4.69, 9.17) is 9.47 Å². The first-order chi connectivity index (χ1) is 14.3. The highest BCUT2D eigenvalue weighted by Gasteiger charge is 2.20. The summed E-state index contributed by atoms with van der Waals surface area (Å²) in [4.78, 5) is 25.1. The third-order valence-corrected chi connectivity index (χ3v) is 5.01. The van der Waals surface area contributed by atoms with Gasteiger partial charge in [0.2, 0.25) is 0 Å². The Morgan fingerprint density at radius 3 is 2.57 bits per heavy atom. The summed E-state index contributed by atoms with van der Waals surface area (Å²) in [6.07, 6.45) is 2.03. The van der Waals surface area contributed by atoms with E-state index in [2.05, 4.69) is 31.4 Å². The van der Waals surface area contributed by atoms with E-state index in [-0.39, 0.29) is 29.9 Å². The predicted octanol–water partition coefficient (Wildman–Crippen LogP) is 3.91. The van der Waals surface area contributed by atoms with Crippen LogP contribution in [-0.4, -0.2) is 37.7 Å². The molecule has 1 fully saturated rings. The number of hydrogen-bond donors (Lipinski definition) is 2. The maximum absolute atomic E-state index is 12.6. The molecule has 0 saturated carbocycles. The van der Waals surface area contributed by atoms with Crippen LogP contribution in [0.15, 0.2) is 48.5 Å². The minimum absolute atomic E-state index is 0.0620. The molecule has 0 aliphatic carbocycles. The summed E-state index contributed by atoms with van der Waals surface area (Å²) in [7, 11) is 0. The average Bonchev–Trinajstić information content (AvgIpc) is 3.24. The summed E-state index contributed by atoms with van der Waals surface area (Å²) in [5.74, 6) is 0.126. The Morgan fingerprint density at radius 2 is 1.83 bits per heavy atom. The van der Waals surface area contributed by atoms with Crippen LogP contribution in [0, 0.1) is 0 Å². The van der Waals surface area contributed by atoms with E-state index < -0.39 is 0 Å². The number of amides is 2. The van der Waals surface area contributed by atoms with Gasteiger partial charge in [-0.15, -0.1) is 0 Å². The molecule has 1 heterocycles. The van der Waals surface area contributed by atoms with E-state index in [1.807, 2.05) is 24.3 Å². The van der Waals surface area contributed by atoms with Crippen molar-refractivity contribution >= 4 is 17.5 Å². The molecule has 1 saturated heterocycles. The van der Waals surface area contributed by atoms with Crippen molar-refractivity contribution in [2.75, 3.05) is 25.1 Å². The number of rotatable bonds is 7. The zero-order chi connectivity index (χ0) is 21.6. The van der Waals surface area contributed by atoms with E-state index in [0.717, 1.165) is 25.0 Å². The monoisotopic (exact) mass is 410 g/mol. The summed E-state index contributed by atoms with van der Waals surface area (Å²) in [5.41, 5.74) is 1.81. The van der Waals surface area contributed by atoms with Crippen molar-refractivity contribution in [3.63, 3.8) is 0 Å². The van der Waals surface area contributed by atoms with Crippen molar-refractivity contribution in [1.29, 1.82) is 0 Å². The summed E-state index contributed by atoms with van der Waals surface area (Å²) < 4.78 is 11.3. The second kappa shape index (κ2) is 9.76. The van der Waals surface area contributed by atoms with Gasteiger partial charge < -0.3 is 20.1 Å². The maximum atomic E-state index is 12.6. The Hall–Kier alpha value is -2.86. The first kappa shape index (κ1) is 21.8. The van der Waals surface area contributed by atoms with Crippen LogP contribution in [-0.2, 0) is 14.9 Å². The van der Waals surface area contributed by atoms with Gasteiger partial charge in [-0.05, 0) is 42.0 Å². The SMILES string of the molecule is CC(C)(C)c1ccccc1OCC(=O)Nc1ccccc1C(=O)NC[C@H]1CCCO1. The predicted molar refractivity (Wildman–Crippen MR) is 117 cm³/mol. The zero-order valence-electron chi connectivity index (χ0n) is 17.9. The van der Waals surface area contributed by atoms with Crippen molar-refractivity contribution in [1.82, 2.24) is 5.32 Å². The summed E-state index contributed by atoms with van der Waals surface area (Å²) >= 11 is 0. The number of carbonyl (C=O) groups excluding carboxylic acids is 2. The third-order valence-electron chi connectivity index (χ3n) is 5.01. The standard InChI is InChI=1S/C24H30N2O4/c1-24(2,3)19-11-5-7-13-21(19)30-16-22(27)26-20-12-6-4-10-18(20)23(28)25-15-17-9-8-14-29-17/h4-7,10-13,17H,8-9,14-16H2,1-3H3,(H,25,28)(H,26,27)/t17-/m1/s1. The molecule has 0 unspecified atom stereocenters. The van der Waals surface area contributed by atoms with Gasteiger partial charge in [0.05, 0.1) is 17.4 Å². The van der Waals surface area contributed by atoms with Gasteiger partial charge in [-0.3, -0.25) is 9.59 Å². The molecule has 0 aromatic heterocycles. The largest absolute Gasteiger partial charge is 0.483 e. The number of hydrogen-bond acceptors (Lipinski definition) is 4. The highest BCUT2D eigenvalue weighted by molar-refractivity contribution is 6.04. The highest BCUT2D eigenvalue weighted by Crippen LogP contribution is 2.30. The molecular weight excluding hydrogens is 380 g/mol. The molecule has 1 aliphatic rings. The first-order valence-corrected chi connectivity index (χ1v) is 10.4. The van der Waals surface area contributed by atoms with E-state index in [1.54, 1.807) is 24.3 Å². The molecule has 2 N–H and O–H groups in total. The van der Waals surface area contributed by atoms with Crippen LogP contribution in [0.5, 0.6) is 5.75 Å². The summed E-state index contributed by atoms with van der Waals surface area (Å²) in [6.45, 7) is 7.36.